The van der Waals surface area contributed by atoms with Crippen molar-refractivity contribution < 1.29 is 9.90 Å². The number of carbonyl (C=O) groups is 1. The van der Waals surface area contributed by atoms with Crippen molar-refractivity contribution >= 4 is 5.97 Å². The maximum Gasteiger partial charge on any atom is 0.320 e. The summed E-state index contributed by atoms with van der Waals surface area (Å²) >= 11 is 0. The molecule has 0 aromatic carbocycles. The van der Waals surface area contributed by atoms with Gasteiger partial charge in [0.05, 0.1) is 0 Å². The maximum absolute atomic E-state index is 10.7. The van der Waals surface area contributed by atoms with Crippen LogP contribution in [0.25, 0.3) is 0 Å². The van der Waals surface area contributed by atoms with Crippen molar-refractivity contribution in [3.63, 3.8) is 0 Å². The Labute approximate surface area is 66.8 Å². The van der Waals surface area contributed by atoms with Crippen LogP contribution in [0.2, 0.25) is 0 Å². The highest BCUT2D eigenvalue weighted by Crippen LogP contribution is 2.29. The Morgan fingerprint density at radius 1 is 1.73 bits per heavy atom. The summed E-state index contributed by atoms with van der Waals surface area (Å²) in [5.41, 5.74) is 0. The molecule has 0 bridgehead atoms. The van der Waals surface area contributed by atoms with Crippen LogP contribution < -0.4 is 5.32 Å². The average Bonchev–Trinajstić information content (AvgIpc) is 1.82. The predicted molar refractivity (Wildman–Crippen MR) is 42.4 cm³/mol. The molecule has 0 aromatic heterocycles. The topological polar surface area (TPSA) is 49.3 Å². The van der Waals surface area contributed by atoms with Crippen molar-refractivity contribution in [1.82, 2.24) is 5.32 Å². The van der Waals surface area contributed by atoms with Crippen LogP contribution in [-0.2, 0) is 4.79 Å². The average molecular weight is 157 g/mol. The predicted octanol–water partition coefficient (Wildman–Crippen LogP) is 0.849. The van der Waals surface area contributed by atoms with Gasteiger partial charge < -0.3 is 10.4 Å². The molecule has 3 nitrogen and oxygen atoms in total. The van der Waals surface area contributed by atoms with E-state index in [1.165, 1.54) is 6.42 Å². The minimum atomic E-state index is -0.698. The second kappa shape index (κ2) is 3.72. The van der Waals surface area contributed by atoms with Gasteiger partial charge >= 0.3 is 5.97 Å². The second-order valence-corrected chi connectivity index (χ2v) is 3.06. The van der Waals surface area contributed by atoms with E-state index in [9.17, 15) is 4.79 Å². The summed E-state index contributed by atoms with van der Waals surface area (Å²) < 4.78 is 0. The third-order valence-corrected chi connectivity index (χ3v) is 2.31. The van der Waals surface area contributed by atoms with Crippen molar-refractivity contribution in [1.29, 1.82) is 0 Å². The van der Waals surface area contributed by atoms with Gasteiger partial charge in [-0.2, -0.15) is 0 Å². The second-order valence-electron chi connectivity index (χ2n) is 3.06. The van der Waals surface area contributed by atoms with Gasteiger partial charge in [0.15, 0.2) is 0 Å². The lowest BCUT2D eigenvalue weighted by atomic mass is 9.80. The normalized spacial score (nSPS) is 20.8. The van der Waals surface area contributed by atoms with Crippen molar-refractivity contribution in [3.8, 4) is 0 Å². The Morgan fingerprint density at radius 3 is 2.64 bits per heavy atom. The molecule has 11 heavy (non-hydrogen) atoms. The zero-order chi connectivity index (χ0) is 8.27. The first kappa shape index (κ1) is 8.53. The number of aliphatic carboxylic acids is 1. The van der Waals surface area contributed by atoms with Crippen LogP contribution in [0.1, 0.15) is 26.2 Å². The standard InChI is InChI=1S/C8H15NO2/c1-2-9-7(8(10)11)6-4-3-5-6/h6-7,9H,2-5H2,1H3,(H,10,11). The monoisotopic (exact) mass is 157 g/mol. The number of hydrogen-bond acceptors (Lipinski definition) is 2. The minimum absolute atomic E-state index is 0.297. The molecular formula is C8H15NO2. The van der Waals surface area contributed by atoms with Gasteiger partial charge in [0.1, 0.15) is 6.04 Å². The molecule has 0 radical (unpaired) electrons. The molecular weight excluding hydrogens is 142 g/mol. The van der Waals surface area contributed by atoms with E-state index in [2.05, 4.69) is 5.32 Å². The largest absolute Gasteiger partial charge is 0.480 e. The Balaban J connectivity index is 2.37. The van der Waals surface area contributed by atoms with E-state index in [1.54, 1.807) is 0 Å². The van der Waals surface area contributed by atoms with Crippen LogP contribution in [0.5, 0.6) is 0 Å². The molecule has 64 valence electrons. The first-order valence-electron chi connectivity index (χ1n) is 4.22. The van der Waals surface area contributed by atoms with Crippen LogP contribution >= 0.6 is 0 Å². The van der Waals surface area contributed by atoms with Gasteiger partial charge in [0.25, 0.3) is 0 Å². The summed E-state index contributed by atoms with van der Waals surface area (Å²) in [5, 5.41) is 11.8. The van der Waals surface area contributed by atoms with Gasteiger partial charge in [0, 0.05) is 0 Å². The molecule has 1 rings (SSSR count). The molecule has 0 saturated heterocycles. The van der Waals surface area contributed by atoms with Crippen molar-refractivity contribution in [3.05, 3.63) is 0 Å². The van der Waals surface area contributed by atoms with Crippen molar-refractivity contribution in [2.24, 2.45) is 5.92 Å². The van der Waals surface area contributed by atoms with Crippen LogP contribution in [0.15, 0.2) is 0 Å². The number of hydrogen-bond donors (Lipinski definition) is 2. The summed E-state index contributed by atoms with van der Waals surface area (Å²) in [6, 6.07) is -0.297. The van der Waals surface area contributed by atoms with Crippen LogP contribution in [0.4, 0.5) is 0 Å². The van der Waals surface area contributed by atoms with E-state index in [0.29, 0.717) is 5.92 Å². The summed E-state index contributed by atoms with van der Waals surface area (Å²) in [6.07, 6.45) is 3.34. The summed E-state index contributed by atoms with van der Waals surface area (Å²) in [5.74, 6) is -0.316. The third-order valence-electron chi connectivity index (χ3n) is 2.31. The molecule has 0 amide bonds. The van der Waals surface area contributed by atoms with E-state index < -0.39 is 5.97 Å². The Morgan fingerprint density at radius 2 is 2.36 bits per heavy atom. The van der Waals surface area contributed by atoms with E-state index in [0.717, 1.165) is 19.4 Å². The van der Waals surface area contributed by atoms with Crippen LogP contribution in [0, 0.1) is 5.92 Å². The van der Waals surface area contributed by atoms with Crippen LogP contribution in [0.3, 0.4) is 0 Å². The summed E-state index contributed by atoms with van der Waals surface area (Å²) in [4.78, 5) is 10.7. The van der Waals surface area contributed by atoms with E-state index in [4.69, 9.17) is 5.11 Å². The number of nitrogens with one attached hydrogen (secondary N) is 1. The first-order chi connectivity index (χ1) is 5.25. The fourth-order valence-corrected chi connectivity index (χ4v) is 1.45. The molecule has 1 atom stereocenters. The van der Waals surface area contributed by atoms with Gasteiger partial charge in [-0.15, -0.1) is 0 Å². The highest BCUT2D eigenvalue weighted by molar-refractivity contribution is 5.74. The zero-order valence-corrected chi connectivity index (χ0v) is 6.84. The maximum atomic E-state index is 10.7. The molecule has 3 heteroatoms. The first-order valence-corrected chi connectivity index (χ1v) is 4.22. The van der Waals surface area contributed by atoms with Crippen LogP contribution in [-0.4, -0.2) is 23.7 Å². The molecule has 1 aliphatic carbocycles. The highest BCUT2D eigenvalue weighted by atomic mass is 16.4. The molecule has 1 aliphatic rings. The Kier molecular flexibility index (Phi) is 2.88. The summed E-state index contributed by atoms with van der Waals surface area (Å²) in [6.45, 7) is 2.68. The number of carboxylic acid groups (broad SMARTS) is 1. The van der Waals surface area contributed by atoms with Gasteiger partial charge in [-0.1, -0.05) is 13.3 Å². The SMILES string of the molecule is CCNC(C(=O)O)C1CCC1. The van der Waals surface area contributed by atoms with Gasteiger partial charge in [-0.05, 0) is 25.3 Å². The number of rotatable bonds is 4. The van der Waals surface area contributed by atoms with Gasteiger partial charge in [-0.25, -0.2) is 0 Å². The van der Waals surface area contributed by atoms with Gasteiger partial charge in [0.2, 0.25) is 0 Å². The molecule has 2 N–H and O–H groups in total. The number of likely N-dealkylation sites (N-methyl/N-ethyl adjacent to an activating group) is 1. The quantitative estimate of drug-likeness (QED) is 0.636. The molecule has 0 aliphatic heterocycles. The number of carboxylic acids is 1. The van der Waals surface area contributed by atoms with E-state index in [1.807, 2.05) is 6.92 Å². The summed E-state index contributed by atoms with van der Waals surface area (Å²) in [7, 11) is 0. The Hall–Kier alpha value is -0.570. The molecule has 0 spiro atoms. The van der Waals surface area contributed by atoms with E-state index in [-0.39, 0.29) is 6.04 Å². The zero-order valence-electron chi connectivity index (χ0n) is 6.84. The lowest BCUT2D eigenvalue weighted by Gasteiger charge is -2.31. The van der Waals surface area contributed by atoms with Crippen molar-refractivity contribution in [2.45, 2.75) is 32.2 Å². The smallest absolute Gasteiger partial charge is 0.320 e. The molecule has 0 heterocycles. The molecule has 1 fully saturated rings. The fraction of sp³-hybridized carbons (Fsp3) is 0.875. The lowest BCUT2D eigenvalue weighted by Crippen LogP contribution is -2.45. The highest BCUT2D eigenvalue weighted by Gasteiger charge is 2.31. The molecule has 1 unspecified atom stereocenters. The minimum Gasteiger partial charge on any atom is -0.480 e. The van der Waals surface area contributed by atoms with Gasteiger partial charge in [-0.3, -0.25) is 4.79 Å². The lowest BCUT2D eigenvalue weighted by molar-refractivity contribution is -0.141. The third kappa shape index (κ3) is 1.93. The van der Waals surface area contributed by atoms with E-state index >= 15 is 0 Å². The molecule has 0 aromatic rings. The fourth-order valence-electron chi connectivity index (χ4n) is 1.45. The van der Waals surface area contributed by atoms with Crippen molar-refractivity contribution in [2.75, 3.05) is 6.54 Å². The Bertz CT molecular complexity index is 143. The molecule has 1 saturated carbocycles.